The van der Waals surface area contributed by atoms with E-state index in [4.69, 9.17) is 4.74 Å². The van der Waals surface area contributed by atoms with Crippen molar-refractivity contribution in [1.82, 2.24) is 5.32 Å². The van der Waals surface area contributed by atoms with Gasteiger partial charge in [0, 0.05) is 12.1 Å². The van der Waals surface area contributed by atoms with Gasteiger partial charge in [0.25, 0.3) is 0 Å². The fraction of sp³-hybridized carbons (Fsp3) is 0.600. The minimum atomic E-state index is -2.88. The normalized spacial score (nSPS) is 14.0. The van der Waals surface area contributed by atoms with Crippen LogP contribution >= 0.6 is 0 Å². The summed E-state index contributed by atoms with van der Waals surface area (Å²) in [6.45, 7) is 3.68. The van der Waals surface area contributed by atoms with Crippen LogP contribution in [0.2, 0.25) is 0 Å². The molecule has 4 nitrogen and oxygen atoms in total. The Hall–Kier alpha value is -1.40. The summed E-state index contributed by atoms with van der Waals surface area (Å²) >= 11 is 0. The number of alkyl halides is 2. The summed E-state index contributed by atoms with van der Waals surface area (Å²) in [7, 11) is 0. The molecule has 1 rings (SSSR count). The molecule has 0 saturated heterocycles. The molecular weight excluding hydrogens is 280 g/mol. The first-order valence-electron chi connectivity index (χ1n) is 7.00. The Bertz CT molecular complexity index is 437. The lowest BCUT2D eigenvalue weighted by molar-refractivity contribution is -0.0514. The van der Waals surface area contributed by atoms with E-state index in [9.17, 15) is 13.9 Å². The Balaban J connectivity index is 2.82. The summed E-state index contributed by atoms with van der Waals surface area (Å²) in [5, 5.41) is 12.6. The molecule has 1 atom stereocenters. The largest absolute Gasteiger partial charge is 0.490 e. The van der Waals surface area contributed by atoms with Crippen LogP contribution in [0.3, 0.4) is 0 Å². The van der Waals surface area contributed by atoms with Crippen molar-refractivity contribution in [2.24, 2.45) is 0 Å². The second-order valence-electron chi connectivity index (χ2n) is 5.02. The van der Waals surface area contributed by atoms with Crippen LogP contribution in [0.5, 0.6) is 11.5 Å². The van der Waals surface area contributed by atoms with E-state index in [2.05, 4.69) is 10.1 Å². The van der Waals surface area contributed by atoms with Crippen LogP contribution in [0, 0.1) is 0 Å². The molecule has 0 radical (unpaired) electrons. The van der Waals surface area contributed by atoms with Crippen LogP contribution in [0.4, 0.5) is 8.78 Å². The fourth-order valence-corrected chi connectivity index (χ4v) is 1.73. The van der Waals surface area contributed by atoms with Crippen molar-refractivity contribution in [2.75, 3.05) is 13.2 Å². The maximum Gasteiger partial charge on any atom is 0.387 e. The van der Waals surface area contributed by atoms with Gasteiger partial charge in [0.15, 0.2) is 11.5 Å². The van der Waals surface area contributed by atoms with Gasteiger partial charge in [-0.05, 0) is 38.0 Å². The van der Waals surface area contributed by atoms with E-state index < -0.39 is 6.61 Å². The number of aliphatic hydroxyl groups is 1. The molecule has 2 N–H and O–H groups in total. The average molecular weight is 303 g/mol. The van der Waals surface area contributed by atoms with Crippen molar-refractivity contribution in [2.45, 2.75) is 45.9 Å². The summed E-state index contributed by atoms with van der Waals surface area (Å²) in [4.78, 5) is 0. The molecule has 6 heteroatoms. The highest BCUT2D eigenvalue weighted by atomic mass is 19.3. The van der Waals surface area contributed by atoms with E-state index in [-0.39, 0.29) is 17.9 Å². The van der Waals surface area contributed by atoms with E-state index in [0.717, 1.165) is 12.0 Å². The molecule has 0 fully saturated rings. The number of hydrogen-bond donors (Lipinski definition) is 2. The highest BCUT2D eigenvalue weighted by Gasteiger charge is 2.20. The molecule has 1 aromatic carbocycles. The average Bonchev–Trinajstić information content (AvgIpc) is 2.47. The summed E-state index contributed by atoms with van der Waals surface area (Å²) in [6.07, 6.45) is 0.772. The smallest absolute Gasteiger partial charge is 0.387 e. The molecule has 120 valence electrons. The third-order valence-corrected chi connectivity index (χ3v) is 3.37. The Kier molecular flexibility index (Phi) is 6.84. The summed E-state index contributed by atoms with van der Waals surface area (Å²) in [5.41, 5.74) is 0.498. The first-order valence-corrected chi connectivity index (χ1v) is 7.00. The van der Waals surface area contributed by atoms with Gasteiger partial charge in [-0.15, -0.1) is 0 Å². The number of halogens is 2. The SMILES string of the molecule is CCOc1cc(CNC(C)(CC)CO)ccc1OC(F)F. The Morgan fingerprint density at radius 3 is 2.52 bits per heavy atom. The minimum absolute atomic E-state index is 0.0222. The molecule has 0 saturated carbocycles. The minimum Gasteiger partial charge on any atom is -0.490 e. The second-order valence-corrected chi connectivity index (χ2v) is 5.02. The van der Waals surface area contributed by atoms with Crippen molar-refractivity contribution >= 4 is 0 Å². The molecule has 1 unspecified atom stereocenters. The number of benzene rings is 1. The van der Waals surface area contributed by atoms with Crippen LogP contribution in [-0.4, -0.2) is 30.5 Å². The van der Waals surface area contributed by atoms with E-state index in [1.54, 1.807) is 19.1 Å². The lowest BCUT2D eigenvalue weighted by atomic mass is 10.00. The van der Waals surface area contributed by atoms with Gasteiger partial charge in [0.1, 0.15) is 0 Å². The number of hydrogen-bond acceptors (Lipinski definition) is 4. The van der Waals surface area contributed by atoms with Crippen LogP contribution in [-0.2, 0) is 6.54 Å². The van der Waals surface area contributed by atoms with E-state index in [1.807, 2.05) is 13.8 Å². The number of ether oxygens (including phenoxy) is 2. The third-order valence-electron chi connectivity index (χ3n) is 3.37. The van der Waals surface area contributed by atoms with Gasteiger partial charge in [-0.1, -0.05) is 13.0 Å². The Morgan fingerprint density at radius 1 is 1.29 bits per heavy atom. The zero-order chi connectivity index (χ0) is 15.9. The quantitative estimate of drug-likeness (QED) is 0.736. The van der Waals surface area contributed by atoms with Crippen LogP contribution in [0.25, 0.3) is 0 Å². The molecule has 0 aromatic heterocycles. The lowest BCUT2D eigenvalue weighted by Gasteiger charge is -2.27. The van der Waals surface area contributed by atoms with Crippen molar-refractivity contribution in [3.8, 4) is 11.5 Å². The molecule has 0 amide bonds. The van der Waals surface area contributed by atoms with Gasteiger partial charge < -0.3 is 19.9 Å². The van der Waals surface area contributed by atoms with Crippen molar-refractivity contribution in [3.05, 3.63) is 23.8 Å². The third kappa shape index (κ3) is 5.47. The zero-order valence-electron chi connectivity index (χ0n) is 12.7. The van der Waals surface area contributed by atoms with Gasteiger partial charge in [-0.3, -0.25) is 0 Å². The molecule has 0 bridgehead atoms. The van der Waals surface area contributed by atoms with Crippen molar-refractivity contribution in [1.29, 1.82) is 0 Å². The monoisotopic (exact) mass is 303 g/mol. The summed E-state index contributed by atoms with van der Waals surface area (Å²) in [5.74, 6) is 0.315. The van der Waals surface area contributed by atoms with Gasteiger partial charge in [0.05, 0.1) is 13.2 Å². The first kappa shape index (κ1) is 17.7. The van der Waals surface area contributed by atoms with Crippen molar-refractivity contribution in [3.63, 3.8) is 0 Å². The molecule has 0 heterocycles. The highest BCUT2D eigenvalue weighted by Crippen LogP contribution is 2.30. The number of nitrogens with one attached hydrogen (secondary N) is 1. The van der Waals surface area contributed by atoms with E-state index in [1.165, 1.54) is 6.07 Å². The van der Waals surface area contributed by atoms with E-state index in [0.29, 0.717) is 18.9 Å². The second kappa shape index (κ2) is 8.14. The predicted octanol–water partition coefficient (Wildman–Crippen LogP) is 2.94. The van der Waals surface area contributed by atoms with Crippen LogP contribution < -0.4 is 14.8 Å². The standard InChI is InChI=1S/C15H23F2NO3/c1-4-15(3,10-19)18-9-11-6-7-12(21-14(16)17)13(8-11)20-5-2/h6-8,14,18-19H,4-5,9-10H2,1-3H3. The van der Waals surface area contributed by atoms with Gasteiger partial charge in [-0.2, -0.15) is 8.78 Å². The van der Waals surface area contributed by atoms with Crippen LogP contribution in [0.15, 0.2) is 18.2 Å². The molecule has 0 spiro atoms. The molecule has 1 aromatic rings. The maximum absolute atomic E-state index is 12.3. The Labute approximate surface area is 124 Å². The van der Waals surface area contributed by atoms with Gasteiger partial charge in [-0.25, -0.2) is 0 Å². The topological polar surface area (TPSA) is 50.7 Å². The number of rotatable bonds is 9. The highest BCUT2D eigenvalue weighted by molar-refractivity contribution is 5.43. The van der Waals surface area contributed by atoms with Crippen LogP contribution in [0.1, 0.15) is 32.8 Å². The molecule has 0 aliphatic heterocycles. The zero-order valence-corrected chi connectivity index (χ0v) is 12.7. The molecule has 0 aliphatic carbocycles. The fourth-order valence-electron chi connectivity index (χ4n) is 1.73. The summed E-state index contributed by atoms with van der Waals surface area (Å²) < 4.78 is 34.4. The Morgan fingerprint density at radius 2 is 2.00 bits per heavy atom. The maximum atomic E-state index is 12.3. The molecular formula is C15H23F2NO3. The first-order chi connectivity index (χ1) is 9.94. The summed E-state index contributed by atoms with van der Waals surface area (Å²) in [6, 6.07) is 4.83. The van der Waals surface area contributed by atoms with E-state index >= 15 is 0 Å². The molecule has 21 heavy (non-hydrogen) atoms. The van der Waals surface area contributed by atoms with Gasteiger partial charge >= 0.3 is 6.61 Å². The van der Waals surface area contributed by atoms with Crippen molar-refractivity contribution < 1.29 is 23.4 Å². The predicted molar refractivity (Wildman–Crippen MR) is 76.9 cm³/mol. The lowest BCUT2D eigenvalue weighted by Crippen LogP contribution is -2.44. The van der Waals surface area contributed by atoms with Gasteiger partial charge in [0.2, 0.25) is 0 Å². The number of aliphatic hydroxyl groups excluding tert-OH is 1. The molecule has 0 aliphatic rings.